The predicted octanol–water partition coefficient (Wildman–Crippen LogP) is 3.89. The highest BCUT2D eigenvalue weighted by Gasteiger charge is 2.46. The number of carbonyl (C=O) groups excluding carboxylic acids is 1. The summed E-state index contributed by atoms with van der Waals surface area (Å²) in [6.45, 7) is 1.22. The molecule has 7 heteroatoms. The molecular weight excluding hydrogens is 382 g/mol. The Morgan fingerprint density at radius 3 is 2.54 bits per heavy atom. The zero-order chi connectivity index (χ0) is 17.5. The highest BCUT2D eigenvalue weighted by Crippen LogP contribution is 2.43. The monoisotopic (exact) mass is 392 g/mol. The van der Waals surface area contributed by atoms with Crippen LogP contribution in [0.4, 0.5) is 14.5 Å². The van der Waals surface area contributed by atoms with Gasteiger partial charge in [-0.2, -0.15) is 5.26 Å². The normalized spacial score (nSPS) is 19.5. The first-order chi connectivity index (χ1) is 11.3. The number of rotatable bonds is 2. The largest absolute Gasteiger partial charge is 0.471 e. The van der Waals surface area contributed by atoms with Gasteiger partial charge in [-0.15, -0.1) is 0 Å². The number of anilines is 1. The Hall–Kier alpha value is -2.46. The van der Waals surface area contributed by atoms with E-state index >= 15 is 0 Å². The second-order valence-electron chi connectivity index (χ2n) is 5.45. The van der Waals surface area contributed by atoms with Gasteiger partial charge in [-0.1, -0.05) is 15.9 Å². The van der Waals surface area contributed by atoms with Gasteiger partial charge in [-0.25, -0.2) is 8.78 Å². The molecule has 0 aromatic heterocycles. The van der Waals surface area contributed by atoms with Gasteiger partial charge in [0.2, 0.25) is 5.60 Å². The summed E-state index contributed by atoms with van der Waals surface area (Å²) in [5.41, 5.74) is -1.17. The van der Waals surface area contributed by atoms with Gasteiger partial charge in [0.15, 0.2) is 0 Å². The molecule has 0 N–H and O–H groups in total. The Balaban J connectivity index is 2.18. The zero-order valence-electron chi connectivity index (χ0n) is 12.5. The van der Waals surface area contributed by atoms with Crippen LogP contribution in [0.3, 0.4) is 0 Å². The molecule has 3 rings (SSSR count). The maximum absolute atomic E-state index is 13.6. The van der Waals surface area contributed by atoms with E-state index in [1.54, 1.807) is 18.2 Å². The summed E-state index contributed by atoms with van der Waals surface area (Å²) < 4.78 is 33.7. The number of ether oxygens (including phenoxy) is 1. The average Bonchev–Trinajstić information content (AvgIpc) is 2.52. The summed E-state index contributed by atoms with van der Waals surface area (Å²) >= 11 is 3.31. The Kier molecular flexibility index (Phi) is 4.01. The van der Waals surface area contributed by atoms with Crippen molar-refractivity contribution in [2.45, 2.75) is 12.5 Å². The summed E-state index contributed by atoms with van der Waals surface area (Å²) in [7, 11) is 0. The molecule has 1 aliphatic rings. The highest BCUT2D eigenvalue weighted by molar-refractivity contribution is 9.10. The first-order valence-corrected chi connectivity index (χ1v) is 7.78. The Morgan fingerprint density at radius 2 is 1.92 bits per heavy atom. The Bertz CT molecular complexity index is 861. The fourth-order valence-electron chi connectivity index (χ4n) is 2.66. The third kappa shape index (κ3) is 2.63. The van der Waals surface area contributed by atoms with Gasteiger partial charge < -0.3 is 4.74 Å². The Labute approximate surface area is 145 Å². The van der Waals surface area contributed by atoms with Crippen molar-refractivity contribution in [1.82, 2.24) is 0 Å². The molecule has 0 saturated carbocycles. The van der Waals surface area contributed by atoms with E-state index in [1.165, 1.54) is 11.8 Å². The first-order valence-electron chi connectivity index (χ1n) is 6.99. The molecule has 4 nitrogen and oxygen atoms in total. The number of benzene rings is 2. The standard InChI is InChI=1S/C17H11BrF2N2O2/c1-17(10-6-12(19)9-13(20)7-10)16(23)22(5-4-21)14-8-11(18)2-3-15(14)24-17/h2-3,6-9H,5H2,1H3/t17-/m0/s1. The van der Waals surface area contributed by atoms with Gasteiger partial charge in [0.1, 0.15) is 23.9 Å². The molecule has 1 heterocycles. The smallest absolute Gasteiger partial charge is 0.276 e. The number of halogens is 3. The lowest BCUT2D eigenvalue weighted by atomic mass is 9.91. The minimum absolute atomic E-state index is 0.0431. The zero-order valence-corrected chi connectivity index (χ0v) is 14.1. The summed E-state index contributed by atoms with van der Waals surface area (Å²) in [5.74, 6) is -1.84. The van der Waals surface area contributed by atoms with Gasteiger partial charge >= 0.3 is 0 Å². The van der Waals surface area contributed by atoms with Crippen molar-refractivity contribution < 1.29 is 18.3 Å². The van der Waals surface area contributed by atoms with Crippen molar-refractivity contribution in [1.29, 1.82) is 5.26 Å². The van der Waals surface area contributed by atoms with Gasteiger partial charge in [-0.05, 0) is 37.3 Å². The van der Waals surface area contributed by atoms with Crippen molar-refractivity contribution in [3.8, 4) is 11.8 Å². The van der Waals surface area contributed by atoms with Gasteiger partial charge in [0.05, 0.1) is 11.8 Å². The van der Waals surface area contributed by atoms with Crippen LogP contribution in [0.15, 0.2) is 40.9 Å². The van der Waals surface area contributed by atoms with Gasteiger partial charge in [0.25, 0.3) is 5.91 Å². The number of carbonyl (C=O) groups is 1. The summed E-state index contributed by atoms with van der Waals surface area (Å²) in [6.07, 6.45) is 0. The second kappa shape index (κ2) is 5.87. The van der Waals surface area contributed by atoms with Crippen LogP contribution in [0, 0.1) is 23.0 Å². The van der Waals surface area contributed by atoms with Gasteiger partial charge in [0, 0.05) is 16.1 Å². The summed E-state index contributed by atoms with van der Waals surface area (Å²) in [4.78, 5) is 14.2. The Morgan fingerprint density at radius 1 is 1.25 bits per heavy atom. The second-order valence-corrected chi connectivity index (χ2v) is 6.37. The molecule has 2 aromatic carbocycles. The topological polar surface area (TPSA) is 53.3 Å². The molecule has 1 aliphatic heterocycles. The van der Waals surface area contributed by atoms with E-state index in [4.69, 9.17) is 10.00 Å². The SMILES string of the molecule is C[C@@]1(c2cc(F)cc(F)c2)Oc2ccc(Br)cc2N(CC#N)C1=O. The molecule has 0 radical (unpaired) electrons. The third-order valence-electron chi connectivity index (χ3n) is 3.82. The number of amides is 1. The molecule has 1 amide bonds. The fraction of sp³-hybridized carbons (Fsp3) is 0.176. The minimum Gasteiger partial charge on any atom is -0.471 e. The molecular formula is C17H11BrF2N2O2. The minimum atomic E-state index is -1.64. The van der Waals surface area contributed by atoms with Crippen molar-refractivity contribution in [2.24, 2.45) is 0 Å². The van der Waals surface area contributed by atoms with Crippen LogP contribution < -0.4 is 9.64 Å². The van der Waals surface area contributed by atoms with E-state index in [9.17, 15) is 13.6 Å². The van der Waals surface area contributed by atoms with Crippen LogP contribution in [0.2, 0.25) is 0 Å². The molecule has 0 fully saturated rings. The molecule has 122 valence electrons. The van der Waals surface area contributed by atoms with Crippen LogP contribution in [0.1, 0.15) is 12.5 Å². The lowest BCUT2D eigenvalue weighted by molar-refractivity contribution is -0.134. The van der Waals surface area contributed by atoms with E-state index in [0.29, 0.717) is 15.9 Å². The van der Waals surface area contributed by atoms with Crippen molar-refractivity contribution in [2.75, 3.05) is 11.4 Å². The highest BCUT2D eigenvalue weighted by atomic mass is 79.9. The van der Waals surface area contributed by atoms with Crippen LogP contribution in [-0.4, -0.2) is 12.5 Å². The summed E-state index contributed by atoms with van der Waals surface area (Å²) in [5, 5.41) is 9.04. The van der Waals surface area contributed by atoms with Crippen LogP contribution in [0.25, 0.3) is 0 Å². The van der Waals surface area contributed by atoms with E-state index < -0.39 is 23.1 Å². The molecule has 0 spiro atoms. The average molecular weight is 393 g/mol. The molecule has 24 heavy (non-hydrogen) atoms. The number of nitriles is 1. The molecule has 0 aliphatic carbocycles. The van der Waals surface area contributed by atoms with Crippen molar-refractivity contribution in [3.63, 3.8) is 0 Å². The van der Waals surface area contributed by atoms with E-state index in [2.05, 4.69) is 15.9 Å². The molecule has 0 saturated heterocycles. The van der Waals surface area contributed by atoms with Crippen molar-refractivity contribution >= 4 is 27.5 Å². The van der Waals surface area contributed by atoms with E-state index in [1.807, 2.05) is 6.07 Å². The summed E-state index contributed by atoms with van der Waals surface area (Å²) in [6, 6.07) is 9.74. The van der Waals surface area contributed by atoms with Crippen LogP contribution in [-0.2, 0) is 10.4 Å². The number of hydrogen-bond acceptors (Lipinski definition) is 3. The first kappa shape index (κ1) is 16.4. The predicted molar refractivity (Wildman–Crippen MR) is 86.4 cm³/mol. The third-order valence-corrected chi connectivity index (χ3v) is 4.31. The lowest BCUT2D eigenvalue weighted by Gasteiger charge is -2.40. The van der Waals surface area contributed by atoms with Crippen LogP contribution in [0.5, 0.6) is 5.75 Å². The maximum Gasteiger partial charge on any atom is 0.276 e. The lowest BCUT2D eigenvalue weighted by Crippen LogP contribution is -2.52. The maximum atomic E-state index is 13.6. The number of hydrogen-bond donors (Lipinski definition) is 0. The molecule has 0 bridgehead atoms. The van der Waals surface area contributed by atoms with Crippen molar-refractivity contribution in [3.05, 3.63) is 58.1 Å². The molecule has 2 aromatic rings. The fourth-order valence-corrected chi connectivity index (χ4v) is 3.01. The number of fused-ring (bicyclic) bond motifs is 1. The molecule has 0 unspecified atom stereocenters. The quantitative estimate of drug-likeness (QED) is 0.728. The number of nitrogens with zero attached hydrogens (tertiary/aromatic N) is 2. The van der Waals surface area contributed by atoms with Crippen LogP contribution >= 0.6 is 15.9 Å². The van der Waals surface area contributed by atoms with E-state index in [-0.39, 0.29) is 12.1 Å². The van der Waals surface area contributed by atoms with Gasteiger partial charge in [-0.3, -0.25) is 9.69 Å². The molecule has 1 atom stereocenters. The van der Waals surface area contributed by atoms with E-state index in [0.717, 1.165) is 18.2 Å².